The molecule has 2 rings (SSSR count). The number of piperidine rings is 1. The summed E-state index contributed by atoms with van der Waals surface area (Å²) < 4.78 is 37.0. The van der Waals surface area contributed by atoms with E-state index in [0.717, 1.165) is 31.1 Å². The van der Waals surface area contributed by atoms with Crippen molar-refractivity contribution in [1.82, 2.24) is 15.5 Å². The fraction of sp³-hybridized carbons (Fsp3) is 0.650. The molecule has 0 bridgehead atoms. The maximum Gasteiger partial charge on any atom is 0.390 e. The van der Waals surface area contributed by atoms with Gasteiger partial charge >= 0.3 is 6.18 Å². The Morgan fingerprint density at radius 3 is 2.63 bits per heavy atom. The molecule has 0 saturated carbocycles. The Hall–Kier alpha value is -1.76. The largest absolute Gasteiger partial charge is 0.390 e. The molecule has 1 fully saturated rings. The van der Waals surface area contributed by atoms with Gasteiger partial charge in [-0.3, -0.25) is 4.90 Å². The van der Waals surface area contributed by atoms with Crippen LogP contribution in [0.4, 0.5) is 13.2 Å². The van der Waals surface area contributed by atoms with Gasteiger partial charge in [-0.2, -0.15) is 13.2 Å². The van der Waals surface area contributed by atoms with Gasteiger partial charge < -0.3 is 10.6 Å². The molecular weight excluding hydrogens is 353 g/mol. The molecule has 0 aromatic heterocycles. The first-order valence-electron chi connectivity index (χ1n) is 9.75. The standard InChI is InChI=1S/C20H31F3N4/c1-3-24-19(25-11-10-20(21,22)23)26-13-17-8-4-5-9-18(17)15-27-12-6-7-16(2)14-27/h4-5,8-9,16H,3,6-7,10-15H2,1-2H3,(H2,24,25,26). The molecule has 1 aliphatic heterocycles. The normalized spacial score (nSPS) is 19.1. The second-order valence-electron chi connectivity index (χ2n) is 7.24. The fourth-order valence-electron chi connectivity index (χ4n) is 3.37. The van der Waals surface area contributed by atoms with Crippen LogP contribution in [0.2, 0.25) is 0 Å². The molecule has 1 aromatic carbocycles. The number of alkyl halides is 3. The maximum absolute atomic E-state index is 12.3. The summed E-state index contributed by atoms with van der Waals surface area (Å²) in [6.07, 6.45) is -2.52. The molecule has 1 heterocycles. The van der Waals surface area contributed by atoms with Gasteiger partial charge in [0.15, 0.2) is 5.96 Å². The lowest BCUT2D eigenvalue weighted by Gasteiger charge is -2.31. The van der Waals surface area contributed by atoms with Gasteiger partial charge in [0.2, 0.25) is 0 Å². The molecule has 0 amide bonds. The quantitative estimate of drug-likeness (QED) is 0.553. The molecule has 152 valence electrons. The van der Waals surface area contributed by atoms with E-state index in [1.54, 1.807) is 0 Å². The Morgan fingerprint density at radius 1 is 1.22 bits per heavy atom. The van der Waals surface area contributed by atoms with E-state index < -0.39 is 12.6 Å². The molecule has 4 nitrogen and oxygen atoms in total. The number of hydrogen-bond donors (Lipinski definition) is 2. The molecule has 1 saturated heterocycles. The minimum Gasteiger partial charge on any atom is -0.357 e. The predicted octanol–water partition coefficient (Wildman–Crippen LogP) is 3.93. The fourth-order valence-corrected chi connectivity index (χ4v) is 3.37. The number of aliphatic imine (C=N–C) groups is 1. The molecule has 1 atom stereocenters. The van der Waals surface area contributed by atoms with Gasteiger partial charge in [0.05, 0.1) is 13.0 Å². The van der Waals surface area contributed by atoms with Gasteiger partial charge in [0, 0.05) is 26.2 Å². The Morgan fingerprint density at radius 2 is 1.96 bits per heavy atom. The van der Waals surface area contributed by atoms with Crippen LogP contribution in [0.5, 0.6) is 0 Å². The summed E-state index contributed by atoms with van der Waals surface area (Å²) in [7, 11) is 0. The number of hydrogen-bond acceptors (Lipinski definition) is 2. The van der Waals surface area contributed by atoms with E-state index in [9.17, 15) is 13.2 Å². The molecule has 7 heteroatoms. The lowest BCUT2D eigenvalue weighted by molar-refractivity contribution is -0.132. The minimum absolute atomic E-state index is 0.178. The molecule has 2 N–H and O–H groups in total. The summed E-state index contributed by atoms with van der Waals surface area (Å²) in [5, 5.41) is 5.77. The highest BCUT2D eigenvalue weighted by Crippen LogP contribution is 2.20. The van der Waals surface area contributed by atoms with E-state index in [1.165, 1.54) is 18.4 Å². The van der Waals surface area contributed by atoms with Gasteiger partial charge in [0.25, 0.3) is 0 Å². The van der Waals surface area contributed by atoms with Crippen molar-refractivity contribution < 1.29 is 13.2 Å². The van der Waals surface area contributed by atoms with Crippen molar-refractivity contribution in [3.05, 3.63) is 35.4 Å². The first kappa shape index (κ1) is 21.5. The van der Waals surface area contributed by atoms with Gasteiger partial charge in [-0.25, -0.2) is 4.99 Å². The third-order valence-corrected chi connectivity index (χ3v) is 4.71. The number of guanidine groups is 1. The van der Waals surface area contributed by atoms with Gasteiger partial charge in [-0.05, 0) is 43.4 Å². The Labute approximate surface area is 160 Å². The average Bonchev–Trinajstić information content (AvgIpc) is 2.60. The summed E-state index contributed by atoms with van der Waals surface area (Å²) in [4.78, 5) is 6.96. The first-order chi connectivity index (χ1) is 12.9. The third-order valence-electron chi connectivity index (χ3n) is 4.71. The van der Waals surface area contributed by atoms with E-state index in [2.05, 4.69) is 33.5 Å². The highest BCUT2D eigenvalue weighted by molar-refractivity contribution is 5.79. The summed E-state index contributed by atoms with van der Waals surface area (Å²) in [6, 6.07) is 8.18. The highest BCUT2D eigenvalue weighted by atomic mass is 19.4. The smallest absolute Gasteiger partial charge is 0.357 e. The van der Waals surface area contributed by atoms with Gasteiger partial charge in [-0.15, -0.1) is 0 Å². The van der Waals surface area contributed by atoms with Gasteiger partial charge in [-0.1, -0.05) is 31.2 Å². The number of rotatable bonds is 7. The highest BCUT2D eigenvalue weighted by Gasteiger charge is 2.26. The molecule has 1 aromatic rings. The Balaban J connectivity index is 1.98. The SMILES string of the molecule is CCNC(=NCc1ccccc1CN1CCCC(C)C1)NCCC(F)(F)F. The van der Waals surface area contributed by atoms with Crippen molar-refractivity contribution in [2.24, 2.45) is 10.9 Å². The molecular formula is C20H31F3N4. The average molecular weight is 384 g/mol. The van der Waals surface area contributed by atoms with Crippen molar-refractivity contribution in [1.29, 1.82) is 0 Å². The minimum atomic E-state index is -4.16. The van der Waals surface area contributed by atoms with Crippen LogP contribution in [0.15, 0.2) is 29.3 Å². The number of benzene rings is 1. The third kappa shape index (κ3) is 8.20. The number of halogens is 3. The van der Waals surface area contributed by atoms with E-state index in [4.69, 9.17) is 0 Å². The van der Waals surface area contributed by atoms with Crippen LogP contribution in [0.1, 0.15) is 44.2 Å². The number of nitrogens with zero attached hydrogens (tertiary/aromatic N) is 2. The van der Waals surface area contributed by atoms with Crippen molar-refractivity contribution in [3.63, 3.8) is 0 Å². The second kappa shape index (κ2) is 10.5. The van der Waals surface area contributed by atoms with Crippen molar-refractivity contribution in [3.8, 4) is 0 Å². The molecule has 1 aliphatic rings. The summed E-state index contributed by atoms with van der Waals surface area (Å²) in [6.45, 7) is 8.18. The van der Waals surface area contributed by atoms with Gasteiger partial charge in [0.1, 0.15) is 0 Å². The number of likely N-dealkylation sites (tertiary alicyclic amines) is 1. The van der Waals surface area contributed by atoms with Crippen LogP contribution in [0, 0.1) is 5.92 Å². The molecule has 0 radical (unpaired) electrons. The van der Waals surface area contributed by atoms with Crippen molar-refractivity contribution in [2.75, 3.05) is 26.2 Å². The molecule has 27 heavy (non-hydrogen) atoms. The summed E-state index contributed by atoms with van der Waals surface area (Å²) in [5.41, 5.74) is 2.35. The monoisotopic (exact) mass is 384 g/mol. The van der Waals surface area contributed by atoms with Crippen LogP contribution < -0.4 is 10.6 Å². The van der Waals surface area contributed by atoms with Crippen LogP contribution in [0.25, 0.3) is 0 Å². The lowest BCUT2D eigenvalue weighted by Crippen LogP contribution is -2.39. The molecule has 0 spiro atoms. The molecule has 1 unspecified atom stereocenters. The predicted molar refractivity (Wildman–Crippen MR) is 104 cm³/mol. The Bertz CT molecular complexity index is 601. The van der Waals surface area contributed by atoms with E-state index >= 15 is 0 Å². The lowest BCUT2D eigenvalue weighted by atomic mass is 9.99. The van der Waals surface area contributed by atoms with Crippen molar-refractivity contribution >= 4 is 5.96 Å². The topological polar surface area (TPSA) is 39.7 Å². The zero-order valence-electron chi connectivity index (χ0n) is 16.3. The zero-order chi connectivity index (χ0) is 19.7. The maximum atomic E-state index is 12.3. The zero-order valence-corrected chi connectivity index (χ0v) is 16.3. The van der Waals surface area contributed by atoms with Crippen molar-refractivity contribution in [2.45, 2.75) is 52.4 Å². The summed E-state index contributed by atoms with van der Waals surface area (Å²) >= 11 is 0. The first-order valence-corrected chi connectivity index (χ1v) is 9.75. The van der Waals surface area contributed by atoms with Crippen LogP contribution in [-0.2, 0) is 13.1 Å². The van der Waals surface area contributed by atoms with Crippen LogP contribution >= 0.6 is 0 Å². The molecule has 0 aliphatic carbocycles. The Kier molecular flexibility index (Phi) is 8.41. The van der Waals surface area contributed by atoms with E-state index in [-0.39, 0.29) is 6.54 Å². The van der Waals surface area contributed by atoms with Crippen LogP contribution in [0.3, 0.4) is 0 Å². The van der Waals surface area contributed by atoms with E-state index in [1.807, 2.05) is 25.1 Å². The van der Waals surface area contributed by atoms with E-state index in [0.29, 0.717) is 19.0 Å². The van der Waals surface area contributed by atoms with Crippen LogP contribution in [-0.4, -0.2) is 43.2 Å². The summed E-state index contributed by atoms with van der Waals surface area (Å²) in [5.74, 6) is 1.14. The number of nitrogens with one attached hydrogen (secondary N) is 2. The second-order valence-corrected chi connectivity index (χ2v) is 7.24.